The van der Waals surface area contributed by atoms with Crippen LogP contribution in [0.1, 0.15) is 30.0 Å². The maximum absolute atomic E-state index is 12.8. The molecule has 1 heterocycles. The summed E-state index contributed by atoms with van der Waals surface area (Å²) >= 11 is 0. The number of hydrogen-bond donors (Lipinski definition) is 1. The fourth-order valence-corrected chi connectivity index (χ4v) is 2.97. The predicted molar refractivity (Wildman–Crippen MR) is 108 cm³/mol. The molecule has 2 aromatic carbocycles. The number of hydrazine groups is 1. The molecule has 0 spiro atoms. The highest BCUT2D eigenvalue weighted by Gasteiger charge is 2.34. The van der Waals surface area contributed by atoms with Crippen molar-refractivity contribution in [1.29, 1.82) is 0 Å². The number of ether oxygens (including phenoxy) is 2. The summed E-state index contributed by atoms with van der Waals surface area (Å²) < 4.78 is 10.9. The van der Waals surface area contributed by atoms with E-state index in [4.69, 9.17) is 9.47 Å². The second-order valence-electron chi connectivity index (χ2n) is 6.59. The van der Waals surface area contributed by atoms with Crippen molar-refractivity contribution in [3.63, 3.8) is 0 Å². The molecule has 1 N–H and O–H groups in total. The van der Waals surface area contributed by atoms with E-state index in [-0.39, 0.29) is 5.57 Å². The summed E-state index contributed by atoms with van der Waals surface area (Å²) in [7, 11) is 1.57. The molecule has 3 rings (SSSR count). The summed E-state index contributed by atoms with van der Waals surface area (Å²) in [6.45, 7) is 6.64. The van der Waals surface area contributed by atoms with E-state index >= 15 is 0 Å². The van der Waals surface area contributed by atoms with E-state index in [9.17, 15) is 9.59 Å². The largest absolute Gasteiger partial charge is 0.497 e. The van der Waals surface area contributed by atoms with Crippen LogP contribution in [0.3, 0.4) is 0 Å². The van der Waals surface area contributed by atoms with Crippen LogP contribution in [0.5, 0.6) is 11.5 Å². The Morgan fingerprint density at radius 1 is 1.04 bits per heavy atom. The summed E-state index contributed by atoms with van der Waals surface area (Å²) in [4.78, 5) is 25.2. The van der Waals surface area contributed by atoms with Gasteiger partial charge in [0.15, 0.2) is 0 Å². The van der Waals surface area contributed by atoms with E-state index in [0.29, 0.717) is 18.0 Å². The number of benzene rings is 2. The maximum atomic E-state index is 12.8. The number of carbonyl (C=O) groups excluding carboxylic acids is 2. The minimum atomic E-state index is -0.427. The van der Waals surface area contributed by atoms with Crippen molar-refractivity contribution in [2.24, 2.45) is 0 Å². The Hall–Kier alpha value is -3.28. The quantitative estimate of drug-likeness (QED) is 0.615. The topological polar surface area (TPSA) is 67.9 Å². The van der Waals surface area contributed by atoms with Gasteiger partial charge in [-0.2, -0.15) is 0 Å². The SMILES string of the molecule is CCCOc1ccc(C=C2C(=O)NN(c3ccc(OC)cc3)C2=O)c(C)c1C. The third-order valence-electron chi connectivity index (χ3n) is 4.76. The molecular weight excluding hydrogens is 356 g/mol. The van der Waals surface area contributed by atoms with Gasteiger partial charge in [-0.05, 0) is 73.4 Å². The van der Waals surface area contributed by atoms with Crippen molar-refractivity contribution >= 4 is 23.6 Å². The minimum absolute atomic E-state index is 0.0977. The Morgan fingerprint density at radius 2 is 1.75 bits per heavy atom. The lowest BCUT2D eigenvalue weighted by Crippen LogP contribution is -2.35. The molecule has 0 aliphatic carbocycles. The summed E-state index contributed by atoms with van der Waals surface area (Å²) in [5, 5.41) is 1.24. The maximum Gasteiger partial charge on any atom is 0.282 e. The number of rotatable bonds is 6. The Kier molecular flexibility index (Phi) is 5.68. The summed E-state index contributed by atoms with van der Waals surface area (Å²) in [6, 6.07) is 10.7. The Morgan fingerprint density at radius 3 is 2.39 bits per heavy atom. The van der Waals surface area contributed by atoms with Gasteiger partial charge >= 0.3 is 0 Å². The molecule has 1 saturated heterocycles. The van der Waals surface area contributed by atoms with E-state index in [1.807, 2.05) is 26.0 Å². The van der Waals surface area contributed by atoms with Gasteiger partial charge in [0.05, 0.1) is 19.4 Å². The summed E-state index contributed by atoms with van der Waals surface area (Å²) in [6.07, 6.45) is 2.56. The average molecular weight is 380 g/mol. The third kappa shape index (κ3) is 3.71. The Bertz CT molecular complexity index is 932. The second-order valence-corrected chi connectivity index (χ2v) is 6.59. The van der Waals surface area contributed by atoms with Crippen LogP contribution in [-0.2, 0) is 9.59 Å². The van der Waals surface area contributed by atoms with Gasteiger partial charge in [-0.25, -0.2) is 5.01 Å². The first kappa shape index (κ1) is 19.5. The van der Waals surface area contributed by atoms with Gasteiger partial charge in [-0.1, -0.05) is 13.0 Å². The Labute approximate surface area is 164 Å². The number of hydrogen-bond acceptors (Lipinski definition) is 4. The van der Waals surface area contributed by atoms with Crippen LogP contribution in [0.4, 0.5) is 5.69 Å². The molecule has 0 aromatic heterocycles. The molecule has 28 heavy (non-hydrogen) atoms. The highest BCUT2D eigenvalue weighted by atomic mass is 16.5. The molecule has 146 valence electrons. The van der Waals surface area contributed by atoms with Crippen LogP contribution in [-0.4, -0.2) is 25.5 Å². The lowest BCUT2D eigenvalue weighted by Gasteiger charge is -2.15. The van der Waals surface area contributed by atoms with Crippen molar-refractivity contribution in [2.45, 2.75) is 27.2 Å². The van der Waals surface area contributed by atoms with Crippen LogP contribution in [0.2, 0.25) is 0 Å². The number of nitrogens with zero attached hydrogens (tertiary/aromatic N) is 1. The molecule has 0 radical (unpaired) electrons. The average Bonchev–Trinajstić information content (AvgIpc) is 2.99. The molecule has 0 bridgehead atoms. The van der Waals surface area contributed by atoms with Crippen LogP contribution in [0.25, 0.3) is 6.08 Å². The first-order valence-corrected chi connectivity index (χ1v) is 9.20. The smallest absolute Gasteiger partial charge is 0.282 e. The lowest BCUT2D eigenvalue weighted by atomic mass is 10.00. The number of anilines is 1. The summed E-state index contributed by atoms with van der Waals surface area (Å²) in [5.41, 5.74) is 6.07. The first-order valence-electron chi connectivity index (χ1n) is 9.20. The van der Waals surface area contributed by atoms with Gasteiger partial charge in [0.2, 0.25) is 0 Å². The van der Waals surface area contributed by atoms with Crippen molar-refractivity contribution < 1.29 is 19.1 Å². The zero-order chi connectivity index (χ0) is 20.3. The third-order valence-corrected chi connectivity index (χ3v) is 4.76. The molecule has 0 saturated carbocycles. The van der Waals surface area contributed by atoms with Gasteiger partial charge in [0, 0.05) is 0 Å². The molecule has 0 atom stereocenters. The molecule has 6 nitrogen and oxygen atoms in total. The van der Waals surface area contributed by atoms with Crippen LogP contribution < -0.4 is 19.9 Å². The van der Waals surface area contributed by atoms with Crippen molar-refractivity contribution in [2.75, 3.05) is 18.7 Å². The molecule has 1 fully saturated rings. The fraction of sp³-hybridized carbons (Fsp3) is 0.273. The van der Waals surface area contributed by atoms with Gasteiger partial charge in [-0.15, -0.1) is 0 Å². The van der Waals surface area contributed by atoms with Crippen molar-refractivity contribution in [3.8, 4) is 11.5 Å². The number of carbonyl (C=O) groups is 2. The molecule has 1 aliphatic heterocycles. The molecule has 1 aliphatic rings. The standard InChI is InChI=1S/C22H24N2O4/c1-5-12-28-20-11-6-16(14(2)15(20)3)13-19-21(25)23-24(22(19)26)17-7-9-18(27-4)10-8-17/h6-11,13H,5,12H2,1-4H3,(H,23,25). The predicted octanol–water partition coefficient (Wildman–Crippen LogP) is 3.56. The number of nitrogens with one attached hydrogen (secondary N) is 1. The van der Waals surface area contributed by atoms with E-state index in [1.54, 1.807) is 37.5 Å². The number of methoxy groups -OCH3 is 1. The fourth-order valence-electron chi connectivity index (χ4n) is 2.97. The lowest BCUT2D eigenvalue weighted by molar-refractivity contribution is -0.117. The minimum Gasteiger partial charge on any atom is -0.497 e. The van der Waals surface area contributed by atoms with E-state index in [2.05, 4.69) is 12.3 Å². The van der Waals surface area contributed by atoms with Gasteiger partial charge in [-0.3, -0.25) is 15.0 Å². The van der Waals surface area contributed by atoms with Crippen molar-refractivity contribution in [3.05, 3.63) is 58.7 Å². The highest BCUT2D eigenvalue weighted by Crippen LogP contribution is 2.28. The normalized spacial score (nSPS) is 15.1. The Balaban J connectivity index is 1.89. The molecule has 2 aromatic rings. The van der Waals surface area contributed by atoms with Crippen LogP contribution in [0.15, 0.2) is 42.0 Å². The van der Waals surface area contributed by atoms with Gasteiger partial charge in [0.25, 0.3) is 11.8 Å². The second kappa shape index (κ2) is 8.17. The van der Waals surface area contributed by atoms with Crippen LogP contribution >= 0.6 is 0 Å². The zero-order valence-electron chi connectivity index (χ0n) is 16.5. The van der Waals surface area contributed by atoms with E-state index in [0.717, 1.165) is 28.9 Å². The molecule has 6 heteroatoms. The molecular formula is C22H24N2O4. The van der Waals surface area contributed by atoms with Crippen LogP contribution in [0, 0.1) is 13.8 Å². The van der Waals surface area contributed by atoms with E-state index < -0.39 is 11.8 Å². The molecule has 2 amide bonds. The monoisotopic (exact) mass is 380 g/mol. The first-order chi connectivity index (χ1) is 13.5. The zero-order valence-corrected chi connectivity index (χ0v) is 16.5. The van der Waals surface area contributed by atoms with E-state index in [1.165, 1.54) is 5.01 Å². The van der Waals surface area contributed by atoms with Gasteiger partial charge < -0.3 is 9.47 Å². The summed E-state index contributed by atoms with van der Waals surface area (Å²) in [5.74, 6) is 0.681. The highest BCUT2D eigenvalue weighted by molar-refractivity contribution is 6.31. The van der Waals surface area contributed by atoms with Gasteiger partial charge in [0.1, 0.15) is 17.1 Å². The number of amides is 2. The van der Waals surface area contributed by atoms with Crippen molar-refractivity contribution in [1.82, 2.24) is 5.43 Å². The molecule has 0 unspecified atom stereocenters.